The average molecular weight is 267 g/mol. The third-order valence-electron chi connectivity index (χ3n) is 3.08. The Morgan fingerprint density at radius 3 is 2.22 bits per heavy atom. The Kier molecular flexibility index (Phi) is 2.77. The summed E-state index contributed by atoms with van der Waals surface area (Å²) in [6, 6.07) is 4.86. The lowest BCUT2D eigenvalue weighted by molar-refractivity contribution is -0.275. The highest BCUT2D eigenvalue weighted by molar-refractivity contribution is 5.47. The SMILES string of the molecule is NCC1(c2ccccc2OC(F)(F)F)CC1(F)F. The number of halogens is 5. The normalized spacial score (nSPS) is 25.9. The molecule has 0 spiro atoms. The molecule has 1 aromatic carbocycles. The lowest BCUT2D eigenvalue weighted by atomic mass is 9.94. The first-order valence-electron chi connectivity index (χ1n) is 5.15. The highest BCUT2D eigenvalue weighted by atomic mass is 19.4. The molecule has 0 aliphatic heterocycles. The van der Waals surface area contributed by atoms with E-state index in [2.05, 4.69) is 4.74 Å². The van der Waals surface area contributed by atoms with Gasteiger partial charge in [0.05, 0.1) is 5.41 Å². The fourth-order valence-electron chi connectivity index (χ4n) is 2.03. The van der Waals surface area contributed by atoms with Crippen molar-refractivity contribution in [2.75, 3.05) is 6.54 Å². The van der Waals surface area contributed by atoms with Crippen molar-refractivity contribution in [3.63, 3.8) is 0 Å². The van der Waals surface area contributed by atoms with Gasteiger partial charge in [0.25, 0.3) is 5.92 Å². The van der Waals surface area contributed by atoms with Crippen LogP contribution in [-0.4, -0.2) is 18.8 Å². The van der Waals surface area contributed by atoms with Gasteiger partial charge >= 0.3 is 6.36 Å². The second kappa shape index (κ2) is 3.81. The van der Waals surface area contributed by atoms with E-state index in [-0.39, 0.29) is 5.56 Å². The van der Waals surface area contributed by atoms with E-state index in [1.54, 1.807) is 0 Å². The lowest BCUT2D eigenvalue weighted by Gasteiger charge is -2.19. The molecule has 0 heterocycles. The second-order valence-electron chi connectivity index (χ2n) is 4.21. The third-order valence-corrected chi connectivity index (χ3v) is 3.08. The molecule has 0 radical (unpaired) electrons. The summed E-state index contributed by atoms with van der Waals surface area (Å²) in [5, 5.41) is 0. The molecule has 18 heavy (non-hydrogen) atoms. The zero-order chi connectivity index (χ0) is 13.6. The van der Waals surface area contributed by atoms with E-state index in [0.717, 1.165) is 6.07 Å². The topological polar surface area (TPSA) is 35.2 Å². The number of ether oxygens (including phenoxy) is 1. The molecule has 2 rings (SSSR count). The Morgan fingerprint density at radius 1 is 1.22 bits per heavy atom. The van der Waals surface area contributed by atoms with E-state index in [9.17, 15) is 22.0 Å². The quantitative estimate of drug-likeness (QED) is 0.855. The van der Waals surface area contributed by atoms with Crippen molar-refractivity contribution in [1.29, 1.82) is 0 Å². The van der Waals surface area contributed by atoms with Crippen LogP contribution in [0.5, 0.6) is 5.75 Å². The summed E-state index contributed by atoms with van der Waals surface area (Å²) < 4.78 is 67.0. The van der Waals surface area contributed by atoms with Crippen LogP contribution < -0.4 is 10.5 Å². The van der Waals surface area contributed by atoms with Gasteiger partial charge in [-0.25, -0.2) is 8.78 Å². The molecule has 1 aliphatic carbocycles. The van der Waals surface area contributed by atoms with Crippen LogP contribution >= 0.6 is 0 Å². The Balaban J connectivity index is 2.40. The number of nitrogens with two attached hydrogens (primary N) is 1. The second-order valence-corrected chi connectivity index (χ2v) is 4.21. The summed E-state index contributed by atoms with van der Waals surface area (Å²) in [4.78, 5) is 0. The number of para-hydroxylation sites is 1. The van der Waals surface area contributed by atoms with E-state index in [0.29, 0.717) is 0 Å². The average Bonchev–Trinajstić information content (AvgIpc) is 2.80. The van der Waals surface area contributed by atoms with Crippen molar-refractivity contribution in [2.24, 2.45) is 5.73 Å². The Hall–Kier alpha value is -1.37. The minimum absolute atomic E-state index is 0.199. The van der Waals surface area contributed by atoms with Gasteiger partial charge in [0, 0.05) is 18.5 Å². The number of alkyl halides is 5. The maximum Gasteiger partial charge on any atom is 0.573 e. The highest BCUT2D eigenvalue weighted by Gasteiger charge is 2.72. The van der Waals surface area contributed by atoms with Crippen molar-refractivity contribution in [3.8, 4) is 5.75 Å². The molecule has 1 aliphatic rings. The van der Waals surface area contributed by atoms with Crippen LogP contribution in [0.3, 0.4) is 0 Å². The molecule has 1 atom stereocenters. The van der Waals surface area contributed by atoms with Gasteiger partial charge < -0.3 is 10.5 Å². The predicted octanol–water partition coefficient (Wildman–Crippen LogP) is 2.82. The van der Waals surface area contributed by atoms with Crippen LogP contribution in [0.2, 0.25) is 0 Å². The van der Waals surface area contributed by atoms with E-state index in [4.69, 9.17) is 5.73 Å². The van der Waals surface area contributed by atoms with E-state index >= 15 is 0 Å². The first-order valence-corrected chi connectivity index (χ1v) is 5.15. The van der Waals surface area contributed by atoms with Gasteiger partial charge in [-0.05, 0) is 6.07 Å². The van der Waals surface area contributed by atoms with Crippen LogP contribution in [-0.2, 0) is 5.41 Å². The summed E-state index contributed by atoms with van der Waals surface area (Å²) in [5.41, 5.74) is 3.35. The van der Waals surface area contributed by atoms with Gasteiger partial charge in [-0.2, -0.15) is 0 Å². The molecule has 1 unspecified atom stereocenters. The van der Waals surface area contributed by atoms with Crippen molar-refractivity contribution in [1.82, 2.24) is 0 Å². The van der Waals surface area contributed by atoms with Gasteiger partial charge in [0.15, 0.2) is 0 Å². The van der Waals surface area contributed by atoms with Gasteiger partial charge in [-0.1, -0.05) is 18.2 Å². The standard InChI is InChI=1S/C11H10F5NO/c12-10(13)5-9(10,6-17)7-3-1-2-4-8(7)18-11(14,15)16/h1-4H,5-6,17H2. The van der Waals surface area contributed by atoms with E-state index < -0.39 is 36.4 Å². The molecule has 2 N–H and O–H groups in total. The van der Waals surface area contributed by atoms with Crippen LogP contribution in [0.25, 0.3) is 0 Å². The lowest BCUT2D eigenvalue weighted by Crippen LogP contribution is -2.28. The fourth-order valence-corrected chi connectivity index (χ4v) is 2.03. The number of rotatable bonds is 3. The summed E-state index contributed by atoms with van der Waals surface area (Å²) in [6.07, 6.45) is -5.48. The third kappa shape index (κ3) is 2.03. The molecule has 0 bridgehead atoms. The fraction of sp³-hybridized carbons (Fsp3) is 0.455. The smallest absolute Gasteiger partial charge is 0.405 e. The molecule has 1 saturated carbocycles. The molecule has 2 nitrogen and oxygen atoms in total. The van der Waals surface area contributed by atoms with Crippen LogP contribution in [0, 0.1) is 0 Å². The van der Waals surface area contributed by atoms with E-state index in [1.807, 2.05) is 0 Å². The van der Waals surface area contributed by atoms with Crippen LogP contribution in [0.15, 0.2) is 24.3 Å². The van der Waals surface area contributed by atoms with Gasteiger partial charge in [-0.15, -0.1) is 13.2 Å². The number of hydrogen-bond acceptors (Lipinski definition) is 2. The first kappa shape index (κ1) is 13.1. The predicted molar refractivity (Wildman–Crippen MR) is 53.4 cm³/mol. The number of benzene rings is 1. The molecule has 100 valence electrons. The molecule has 7 heteroatoms. The maximum atomic E-state index is 13.3. The van der Waals surface area contributed by atoms with Crippen molar-refractivity contribution in [3.05, 3.63) is 29.8 Å². The minimum atomic E-state index is -4.92. The van der Waals surface area contributed by atoms with Gasteiger partial charge in [0.2, 0.25) is 0 Å². The first-order chi connectivity index (χ1) is 8.22. The minimum Gasteiger partial charge on any atom is -0.405 e. The largest absolute Gasteiger partial charge is 0.573 e. The van der Waals surface area contributed by atoms with Crippen molar-refractivity contribution in [2.45, 2.75) is 24.1 Å². The maximum absolute atomic E-state index is 13.3. The zero-order valence-electron chi connectivity index (χ0n) is 9.10. The summed E-state index contributed by atoms with van der Waals surface area (Å²) in [7, 11) is 0. The Bertz CT molecular complexity index is 459. The molecular weight excluding hydrogens is 257 g/mol. The monoisotopic (exact) mass is 267 g/mol. The highest BCUT2D eigenvalue weighted by Crippen LogP contribution is 2.62. The summed E-state index contributed by atoms with van der Waals surface area (Å²) in [5.74, 6) is -3.71. The Labute approximate surface area is 99.5 Å². The molecule has 0 amide bonds. The summed E-state index contributed by atoms with van der Waals surface area (Å²) in [6.45, 7) is -0.432. The van der Waals surface area contributed by atoms with E-state index in [1.165, 1.54) is 18.2 Å². The van der Waals surface area contributed by atoms with Crippen LogP contribution in [0.1, 0.15) is 12.0 Å². The molecule has 1 aromatic rings. The number of hydrogen-bond donors (Lipinski definition) is 1. The van der Waals surface area contributed by atoms with Crippen LogP contribution in [0.4, 0.5) is 22.0 Å². The molecular formula is C11H10F5NO. The molecule has 1 fully saturated rings. The Morgan fingerprint density at radius 2 is 1.78 bits per heavy atom. The zero-order valence-corrected chi connectivity index (χ0v) is 9.10. The van der Waals surface area contributed by atoms with Crippen molar-refractivity contribution >= 4 is 0 Å². The van der Waals surface area contributed by atoms with Gasteiger partial charge in [0.1, 0.15) is 5.75 Å². The molecule has 0 aromatic heterocycles. The summed E-state index contributed by atoms with van der Waals surface area (Å²) >= 11 is 0. The molecule has 0 saturated heterocycles. The van der Waals surface area contributed by atoms with Crippen molar-refractivity contribution < 1.29 is 26.7 Å². The van der Waals surface area contributed by atoms with Gasteiger partial charge in [-0.3, -0.25) is 0 Å².